The molecule has 3 heterocycles. The smallest absolute Gasteiger partial charge is 0.0622 e. The molecule has 0 amide bonds. The Morgan fingerprint density at radius 2 is 1.56 bits per heavy atom. The first-order chi connectivity index (χ1) is 26.7. The molecule has 0 atom stereocenters. The van der Waals surface area contributed by atoms with E-state index >= 15 is 0 Å². The minimum atomic E-state index is -2.38. The number of hydrogen-bond acceptors (Lipinski definition) is 2. The standard InChI is InChI=1S/C44H38N4O.Pt/c1-29-22-43(45-27-37(29)30-12-6-5-7-13-30)48-41-25-34(19-20-35(41)36-23-31-14-11-21-44(2,3)38(31)26-42(36)48)49-33-16-10-15-32(24-33)47-28-46(4)39-17-8-9-18-40(39)47;/h5-10,12-13,15-20,22-27H,11,14,21H2,1-4H3;/i1D3,4D3;. The molecule has 0 saturated heterocycles. The number of pyridine rings is 1. The molecule has 0 aliphatic heterocycles. The summed E-state index contributed by atoms with van der Waals surface area (Å²) in [6, 6.07) is 36.9. The predicted molar refractivity (Wildman–Crippen MR) is 200 cm³/mol. The van der Waals surface area contributed by atoms with Gasteiger partial charge in [-0.1, -0.05) is 44.2 Å². The maximum absolute atomic E-state index is 8.56. The van der Waals surface area contributed by atoms with Crippen molar-refractivity contribution in [3.05, 3.63) is 142 Å². The minimum absolute atomic E-state index is 0.0115. The molecule has 5 nitrogen and oxygen atoms in total. The van der Waals surface area contributed by atoms with Crippen molar-refractivity contribution < 1.29 is 32.3 Å². The molecule has 0 bridgehead atoms. The van der Waals surface area contributed by atoms with E-state index in [0.717, 1.165) is 57.8 Å². The fraction of sp³-hybridized carbons (Fsp3) is 0.182. The number of aromatic nitrogens is 4. The van der Waals surface area contributed by atoms with Crippen LogP contribution in [0.3, 0.4) is 0 Å². The monoisotopic (exact) mass is 839 g/mol. The van der Waals surface area contributed by atoms with Gasteiger partial charge in [0.05, 0.1) is 0 Å². The van der Waals surface area contributed by atoms with Gasteiger partial charge in [0.25, 0.3) is 0 Å². The molecular formula is C44H38N4OPt. The van der Waals surface area contributed by atoms with Gasteiger partial charge in [-0.2, -0.15) is 0 Å². The van der Waals surface area contributed by atoms with Crippen LogP contribution in [-0.2, 0) is 38.2 Å². The third-order valence-electron chi connectivity index (χ3n) is 10.2. The van der Waals surface area contributed by atoms with Gasteiger partial charge in [-0.25, -0.2) is 0 Å². The van der Waals surface area contributed by atoms with E-state index in [4.69, 9.17) is 17.9 Å². The number of imidazole rings is 1. The van der Waals surface area contributed by atoms with Gasteiger partial charge in [0.2, 0.25) is 0 Å². The second kappa shape index (κ2) is 11.8. The van der Waals surface area contributed by atoms with E-state index < -0.39 is 13.8 Å². The zero-order chi connectivity index (χ0) is 39.1. The Balaban J connectivity index is 1.21. The molecule has 9 rings (SSSR count). The number of nitrogens with zero attached hydrogens (tertiary/aromatic N) is 4. The number of ether oxygens (including phenoxy) is 1. The molecular weight excluding hydrogens is 796 g/mol. The van der Waals surface area contributed by atoms with Crippen molar-refractivity contribution in [2.24, 2.45) is 6.98 Å². The van der Waals surface area contributed by atoms with Gasteiger partial charge < -0.3 is 0 Å². The van der Waals surface area contributed by atoms with Crippen LogP contribution in [0.15, 0.2) is 121 Å². The van der Waals surface area contributed by atoms with E-state index in [-0.39, 0.29) is 11.0 Å². The van der Waals surface area contributed by atoms with Crippen LogP contribution < -0.4 is 4.74 Å². The summed E-state index contributed by atoms with van der Waals surface area (Å²) in [5, 5.41) is 2.09. The van der Waals surface area contributed by atoms with Crippen molar-refractivity contribution >= 4 is 32.8 Å². The van der Waals surface area contributed by atoms with Crippen molar-refractivity contribution in [2.45, 2.75) is 45.4 Å². The average Bonchev–Trinajstić information content (AvgIpc) is 3.64. The zero-order valence-electron chi connectivity index (χ0n) is 33.7. The fourth-order valence-electron chi connectivity index (χ4n) is 7.69. The van der Waals surface area contributed by atoms with Crippen LogP contribution in [0, 0.1) is 10.7 Å². The number of hydrogen-bond donors (Lipinski definition) is 0. The van der Waals surface area contributed by atoms with E-state index in [9.17, 15) is 0 Å². The Kier molecular flexibility index (Phi) is 5.92. The Labute approximate surface area is 311 Å². The minimum Gasteiger partial charge on any atom is -0.0622 e. The maximum atomic E-state index is 8.56. The Hall–Kier alpha value is -4.99. The van der Waals surface area contributed by atoms with E-state index in [1.54, 1.807) is 12.3 Å². The Bertz CT molecular complexity index is 2900. The van der Waals surface area contributed by atoms with E-state index in [2.05, 4.69) is 56.0 Å². The molecule has 250 valence electrons. The Morgan fingerprint density at radius 1 is 0.760 bits per heavy atom. The molecule has 3 aromatic heterocycles. The Morgan fingerprint density at radius 3 is 2.40 bits per heavy atom. The summed E-state index contributed by atoms with van der Waals surface area (Å²) in [4.78, 5) is 4.96. The zero-order valence-corrected chi connectivity index (χ0v) is 30.0. The molecule has 0 N–H and O–H groups in total. The second-order valence-corrected chi connectivity index (χ2v) is 14.7. The van der Waals surface area contributed by atoms with Crippen molar-refractivity contribution in [1.82, 2.24) is 18.7 Å². The number of rotatable bonds is 5. The van der Waals surface area contributed by atoms with Gasteiger partial charge in [-0.05, 0) is 53.8 Å². The number of fused-ring (bicyclic) bond motifs is 5. The van der Waals surface area contributed by atoms with Gasteiger partial charge in [-0.15, -0.1) is 0 Å². The number of para-hydroxylation sites is 2. The summed E-state index contributed by atoms with van der Waals surface area (Å²) in [6.45, 7) is -0.152. The summed E-state index contributed by atoms with van der Waals surface area (Å²) in [7, 11) is 0. The molecule has 0 spiro atoms. The summed E-state index contributed by atoms with van der Waals surface area (Å²) in [6.07, 6.45) is 4.90. The normalized spacial score (nSPS) is 16.3. The molecule has 8 aromatic rings. The average molecular weight is 840 g/mol. The quantitative estimate of drug-likeness (QED) is 0.173. The molecule has 1 aliphatic rings. The number of aryl methyl sites for hydroxylation is 3. The van der Waals surface area contributed by atoms with Gasteiger partial charge in [-0.3, -0.25) is 0 Å². The van der Waals surface area contributed by atoms with Crippen molar-refractivity contribution in [3.8, 4) is 34.1 Å². The van der Waals surface area contributed by atoms with Gasteiger partial charge >= 0.3 is 198 Å². The van der Waals surface area contributed by atoms with E-state index in [1.165, 1.54) is 15.7 Å². The fourth-order valence-corrected chi connectivity index (χ4v) is 8.53. The molecule has 50 heavy (non-hydrogen) atoms. The molecule has 0 saturated carbocycles. The predicted octanol–water partition coefficient (Wildman–Crippen LogP) is 10.9. The summed E-state index contributed by atoms with van der Waals surface area (Å²) in [5.74, 6) is 1.68. The van der Waals surface area contributed by atoms with Crippen LogP contribution in [0.25, 0.3) is 55.5 Å². The van der Waals surface area contributed by atoms with E-state index in [1.807, 2.05) is 95.6 Å². The third kappa shape index (κ3) is 5.02. The number of benzene rings is 5. The molecule has 1 aliphatic carbocycles. The van der Waals surface area contributed by atoms with Crippen LogP contribution in [0.2, 0.25) is 0 Å². The summed E-state index contributed by atoms with van der Waals surface area (Å²) >= 11 is 2.07. The first-order valence-corrected chi connectivity index (χ1v) is 18.0. The van der Waals surface area contributed by atoms with Crippen LogP contribution >= 0.6 is 0 Å². The van der Waals surface area contributed by atoms with Crippen LogP contribution in [0.5, 0.6) is 11.5 Å². The van der Waals surface area contributed by atoms with E-state index in [0.29, 0.717) is 32.2 Å². The molecule has 6 heteroatoms. The summed E-state index contributed by atoms with van der Waals surface area (Å²) < 4.78 is 62.9. The molecule has 0 unspecified atom stereocenters. The molecule has 5 aromatic carbocycles. The van der Waals surface area contributed by atoms with Gasteiger partial charge in [0.15, 0.2) is 0 Å². The van der Waals surface area contributed by atoms with Crippen molar-refractivity contribution in [1.29, 1.82) is 0 Å². The summed E-state index contributed by atoms with van der Waals surface area (Å²) in [5.41, 5.74) is 8.18. The van der Waals surface area contributed by atoms with Crippen molar-refractivity contribution in [2.75, 3.05) is 0 Å². The van der Waals surface area contributed by atoms with Crippen LogP contribution in [-0.4, -0.2) is 18.7 Å². The first kappa shape index (κ1) is 25.0. The molecule has 0 fully saturated rings. The van der Waals surface area contributed by atoms with Crippen LogP contribution in [0.1, 0.15) is 51.6 Å². The van der Waals surface area contributed by atoms with Gasteiger partial charge in [0, 0.05) is 15.9 Å². The first-order valence-electron chi connectivity index (χ1n) is 19.8. The SMILES string of the molecule is [2H]C([2H])([2H])c1cc(-n2c3cc(Oc4cccc(-n5[c](=[Pt])n(C([2H])([2H])[2H])c6ccccc65)c4)ccc3c3cc4c(cc32)C(C)(C)CCC4)ncc1-c1ccccc1. The van der Waals surface area contributed by atoms with Gasteiger partial charge in [0.1, 0.15) is 0 Å². The molecule has 0 radical (unpaired) electrons. The topological polar surface area (TPSA) is 36.9 Å². The second-order valence-electron chi connectivity index (χ2n) is 13.7. The van der Waals surface area contributed by atoms with Crippen molar-refractivity contribution in [3.63, 3.8) is 0 Å². The van der Waals surface area contributed by atoms with Crippen LogP contribution in [0.4, 0.5) is 0 Å². The third-order valence-corrected chi connectivity index (χ3v) is 11.2.